The Labute approximate surface area is 166 Å². The van der Waals surface area contributed by atoms with Gasteiger partial charge in [-0.25, -0.2) is 4.98 Å². The standard InChI is InChI=1S/C19H14F6N4O/c20-18(21,22)13-9-12(10-14(11-13)19(23,24)25)17(30)28-6-8-29-7-5-27-16(29)15-3-1-2-4-26-15/h1-5,7,9-11H,6,8H2,(H,28,30). The Hall–Kier alpha value is -3.37. The lowest BCUT2D eigenvalue weighted by Crippen LogP contribution is -2.28. The van der Waals surface area contributed by atoms with Gasteiger partial charge in [0.05, 0.1) is 11.1 Å². The van der Waals surface area contributed by atoms with Gasteiger partial charge in [0, 0.05) is 37.2 Å². The van der Waals surface area contributed by atoms with Crippen molar-refractivity contribution in [2.75, 3.05) is 6.54 Å². The van der Waals surface area contributed by atoms with E-state index in [1.807, 2.05) is 0 Å². The van der Waals surface area contributed by atoms with E-state index >= 15 is 0 Å². The Balaban J connectivity index is 1.74. The van der Waals surface area contributed by atoms with E-state index in [1.54, 1.807) is 35.2 Å². The third-order valence-electron chi connectivity index (χ3n) is 4.10. The summed E-state index contributed by atoms with van der Waals surface area (Å²) in [5.74, 6) is -0.547. The van der Waals surface area contributed by atoms with Crippen LogP contribution in [0.5, 0.6) is 0 Å². The smallest absolute Gasteiger partial charge is 0.350 e. The zero-order valence-corrected chi connectivity index (χ0v) is 15.1. The summed E-state index contributed by atoms with van der Waals surface area (Å²) < 4.78 is 79.2. The molecule has 30 heavy (non-hydrogen) atoms. The maximum absolute atomic E-state index is 12.9. The van der Waals surface area contributed by atoms with Gasteiger partial charge in [-0.05, 0) is 30.3 Å². The highest BCUT2D eigenvalue weighted by atomic mass is 19.4. The van der Waals surface area contributed by atoms with Crippen LogP contribution in [0.3, 0.4) is 0 Å². The second-order valence-electron chi connectivity index (χ2n) is 6.21. The average Bonchev–Trinajstić information content (AvgIpc) is 3.15. The maximum Gasteiger partial charge on any atom is 0.416 e. The van der Waals surface area contributed by atoms with E-state index in [0.717, 1.165) is 0 Å². The fraction of sp³-hybridized carbons (Fsp3) is 0.211. The van der Waals surface area contributed by atoms with Crippen LogP contribution in [-0.4, -0.2) is 27.0 Å². The second-order valence-corrected chi connectivity index (χ2v) is 6.21. The molecule has 2 aromatic heterocycles. The molecule has 1 aromatic carbocycles. The first-order chi connectivity index (χ1) is 14.1. The summed E-state index contributed by atoms with van der Waals surface area (Å²) in [5, 5.41) is 2.33. The highest BCUT2D eigenvalue weighted by Crippen LogP contribution is 2.36. The third-order valence-corrected chi connectivity index (χ3v) is 4.10. The number of pyridine rings is 1. The molecule has 1 amide bonds. The van der Waals surface area contributed by atoms with Crippen molar-refractivity contribution in [3.8, 4) is 11.5 Å². The number of aromatic nitrogens is 3. The Bertz CT molecular complexity index is 995. The van der Waals surface area contributed by atoms with Crippen LogP contribution < -0.4 is 5.32 Å². The van der Waals surface area contributed by atoms with Crippen LogP contribution in [0.2, 0.25) is 0 Å². The zero-order chi connectivity index (χ0) is 21.9. The van der Waals surface area contributed by atoms with Gasteiger partial charge in [0.2, 0.25) is 0 Å². The molecule has 0 aliphatic carbocycles. The molecule has 0 aliphatic rings. The first-order valence-electron chi connectivity index (χ1n) is 8.56. The van der Waals surface area contributed by atoms with E-state index in [4.69, 9.17) is 0 Å². The van der Waals surface area contributed by atoms with Crippen molar-refractivity contribution >= 4 is 5.91 Å². The molecule has 1 N–H and O–H groups in total. The number of carbonyl (C=O) groups excluding carboxylic acids is 1. The first kappa shape index (κ1) is 21.3. The number of amides is 1. The number of nitrogens with zero attached hydrogens (tertiary/aromatic N) is 3. The molecule has 0 aliphatic heterocycles. The molecule has 0 radical (unpaired) electrons. The molecule has 3 aromatic rings. The maximum atomic E-state index is 12.9. The number of imidazole rings is 1. The molecular weight excluding hydrogens is 414 g/mol. The van der Waals surface area contributed by atoms with Crippen molar-refractivity contribution < 1.29 is 31.1 Å². The minimum absolute atomic E-state index is 0.0264. The van der Waals surface area contributed by atoms with Gasteiger partial charge in [-0.3, -0.25) is 9.78 Å². The van der Waals surface area contributed by atoms with Gasteiger partial charge in [-0.1, -0.05) is 6.07 Å². The summed E-state index contributed by atoms with van der Waals surface area (Å²) >= 11 is 0. The largest absolute Gasteiger partial charge is 0.416 e. The normalized spacial score (nSPS) is 12.1. The van der Waals surface area contributed by atoms with Gasteiger partial charge < -0.3 is 9.88 Å². The van der Waals surface area contributed by atoms with Crippen LogP contribution in [-0.2, 0) is 18.9 Å². The summed E-state index contributed by atoms with van der Waals surface area (Å²) in [6.07, 6.45) is -5.35. The van der Waals surface area contributed by atoms with Crippen LogP contribution in [0.1, 0.15) is 21.5 Å². The topological polar surface area (TPSA) is 59.8 Å². The van der Waals surface area contributed by atoms with Crippen molar-refractivity contribution in [3.63, 3.8) is 0 Å². The van der Waals surface area contributed by atoms with Crippen LogP contribution >= 0.6 is 0 Å². The van der Waals surface area contributed by atoms with E-state index in [-0.39, 0.29) is 19.2 Å². The highest BCUT2D eigenvalue weighted by molar-refractivity contribution is 5.94. The molecule has 0 bridgehead atoms. The highest BCUT2D eigenvalue weighted by Gasteiger charge is 2.37. The lowest BCUT2D eigenvalue weighted by atomic mass is 10.0. The molecular formula is C19H14F6N4O. The molecule has 2 heterocycles. The van der Waals surface area contributed by atoms with Crippen molar-refractivity contribution in [3.05, 3.63) is 71.7 Å². The monoisotopic (exact) mass is 428 g/mol. The lowest BCUT2D eigenvalue weighted by Gasteiger charge is -2.14. The molecule has 0 saturated heterocycles. The Morgan fingerprint density at radius 1 is 0.933 bits per heavy atom. The molecule has 0 saturated carbocycles. The number of rotatable bonds is 5. The summed E-state index contributed by atoms with van der Waals surface area (Å²) in [5.41, 5.74) is -3.25. The number of benzene rings is 1. The molecule has 0 atom stereocenters. The zero-order valence-electron chi connectivity index (χ0n) is 15.1. The number of hydrogen-bond donors (Lipinski definition) is 1. The number of halogens is 6. The van der Waals surface area contributed by atoms with E-state index in [0.29, 0.717) is 23.7 Å². The molecule has 3 rings (SSSR count). The van der Waals surface area contributed by atoms with Crippen molar-refractivity contribution in [1.82, 2.24) is 19.9 Å². The molecule has 5 nitrogen and oxygen atoms in total. The summed E-state index contributed by atoms with van der Waals surface area (Å²) in [7, 11) is 0. The number of alkyl halides is 6. The molecule has 0 spiro atoms. The van der Waals surface area contributed by atoms with Gasteiger partial charge in [0.15, 0.2) is 5.82 Å². The third kappa shape index (κ3) is 4.97. The van der Waals surface area contributed by atoms with Crippen LogP contribution in [0, 0.1) is 0 Å². The van der Waals surface area contributed by atoms with Gasteiger partial charge in [0.1, 0.15) is 5.69 Å². The Morgan fingerprint density at radius 3 is 2.17 bits per heavy atom. The molecule has 0 fully saturated rings. The summed E-state index contributed by atoms with van der Waals surface area (Å²) in [4.78, 5) is 20.5. The Kier molecular flexibility index (Phi) is 5.81. The van der Waals surface area contributed by atoms with Crippen molar-refractivity contribution in [2.45, 2.75) is 18.9 Å². The fourth-order valence-electron chi connectivity index (χ4n) is 2.70. The quantitative estimate of drug-likeness (QED) is 0.613. The summed E-state index contributed by atoms with van der Waals surface area (Å²) in [6.45, 7) is 0.134. The SMILES string of the molecule is O=C(NCCn1ccnc1-c1ccccn1)c1cc(C(F)(F)F)cc(C(F)(F)F)c1. The number of carbonyl (C=O) groups is 1. The predicted molar refractivity (Wildman–Crippen MR) is 94.2 cm³/mol. The number of nitrogens with one attached hydrogen (secondary N) is 1. The Morgan fingerprint density at radius 2 is 1.60 bits per heavy atom. The van der Waals surface area contributed by atoms with Gasteiger partial charge in [0.25, 0.3) is 5.91 Å². The van der Waals surface area contributed by atoms with Crippen molar-refractivity contribution in [1.29, 1.82) is 0 Å². The summed E-state index contributed by atoms with van der Waals surface area (Å²) in [6, 6.07) is 5.96. The van der Waals surface area contributed by atoms with E-state index in [2.05, 4.69) is 15.3 Å². The predicted octanol–water partition coefficient (Wildman–Crippen LogP) is 4.41. The average molecular weight is 428 g/mol. The first-order valence-corrected chi connectivity index (χ1v) is 8.56. The van der Waals surface area contributed by atoms with E-state index in [1.165, 1.54) is 6.20 Å². The van der Waals surface area contributed by atoms with Crippen molar-refractivity contribution in [2.24, 2.45) is 0 Å². The van der Waals surface area contributed by atoms with Gasteiger partial charge >= 0.3 is 12.4 Å². The van der Waals surface area contributed by atoms with Crippen LogP contribution in [0.15, 0.2) is 55.0 Å². The second kappa shape index (κ2) is 8.17. The minimum Gasteiger partial charge on any atom is -0.350 e. The van der Waals surface area contributed by atoms with E-state index < -0.39 is 35.0 Å². The van der Waals surface area contributed by atoms with Crippen LogP contribution in [0.25, 0.3) is 11.5 Å². The lowest BCUT2D eigenvalue weighted by molar-refractivity contribution is -0.143. The fourth-order valence-corrected chi connectivity index (χ4v) is 2.70. The van der Waals surface area contributed by atoms with Gasteiger partial charge in [-0.15, -0.1) is 0 Å². The molecule has 0 unspecified atom stereocenters. The molecule has 158 valence electrons. The van der Waals surface area contributed by atoms with E-state index in [9.17, 15) is 31.1 Å². The minimum atomic E-state index is -5.02. The van der Waals surface area contributed by atoms with Gasteiger partial charge in [-0.2, -0.15) is 26.3 Å². The molecule has 11 heteroatoms. The van der Waals surface area contributed by atoms with Crippen LogP contribution in [0.4, 0.5) is 26.3 Å². The number of hydrogen-bond acceptors (Lipinski definition) is 3.